The number of amides is 2. The molecule has 31 heavy (non-hydrogen) atoms. The van der Waals surface area contributed by atoms with Crippen LogP contribution in [0.15, 0.2) is 47.4 Å². The van der Waals surface area contributed by atoms with Crippen molar-refractivity contribution in [2.75, 3.05) is 33.0 Å². The van der Waals surface area contributed by atoms with Gasteiger partial charge in [-0.15, -0.1) is 0 Å². The third-order valence-corrected chi connectivity index (χ3v) is 6.87. The van der Waals surface area contributed by atoms with Crippen LogP contribution < -0.4 is 0 Å². The van der Waals surface area contributed by atoms with Crippen molar-refractivity contribution in [1.29, 1.82) is 0 Å². The molecule has 162 valence electrons. The largest absolute Gasteiger partial charge is 0.440 e. The number of benzene rings is 2. The smallest absolute Gasteiger partial charge is 0.339 e. The fourth-order valence-corrected chi connectivity index (χ4v) is 4.82. The van der Waals surface area contributed by atoms with E-state index in [2.05, 4.69) is 0 Å². The second kappa shape index (κ2) is 8.17. The quantitative estimate of drug-likeness (QED) is 0.500. The second-order valence-electron chi connectivity index (χ2n) is 6.81. The van der Waals surface area contributed by atoms with E-state index in [1.165, 1.54) is 12.1 Å². The van der Waals surface area contributed by atoms with Crippen LogP contribution in [-0.4, -0.2) is 68.4 Å². The highest BCUT2D eigenvalue weighted by molar-refractivity contribution is 7.89. The van der Waals surface area contributed by atoms with E-state index in [0.29, 0.717) is 0 Å². The number of hydrogen-bond acceptors (Lipinski definition) is 7. The number of imide groups is 1. The first-order valence-electron chi connectivity index (χ1n) is 9.30. The number of nitrogens with zero attached hydrogens (tertiary/aromatic N) is 2. The van der Waals surface area contributed by atoms with Gasteiger partial charge in [-0.05, 0) is 30.3 Å². The first-order valence-corrected chi connectivity index (χ1v) is 10.7. The van der Waals surface area contributed by atoms with Crippen molar-refractivity contribution in [1.82, 2.24) is 9.21 Å². The molecule has 0 saturated carbocycles. The van der Waals surface area contributed by atoms with Gasteiger partial charge in [0.05, 0.1) is 29.9 Å². The standard InChI is InChI=1S/C20H17FN2O7S/c21-16-6-5-13(11-17(16)31(27,28)22-7-9-29-10-8-22)20(26)30-12-23-18(24)14-3-1-2-4-15(14)19(23)25/h1-6,11H,7-10,12H2. The molecule has 4 rings (SSSR count). The Morgan fingerprint density at radius 1 is 1.03 bits per heavy atom. The van der Waals surface area contributed by atoms with Gasteiger partial charge < -0.3 is 9.47 Å². The lowest BCUT2D eigenvalue weighted by atomic mass is 10.1. The molecule has 11 heteroatoms. The first kappa shape index (κ1) is 21.1. The third-order valence-electron chi connectivity index (χ3n) is 4.96. The average Bonchev–Trinajstić information content (AvgIpc) is 3.03. The number of hydrogen-bond donors (Lipinski definition) is 0. The molecule has 2 heterocycles. The SMILES string of the molecule is O=C(OCN1C(=O)c2ccccc2C1=O)c1ccc(F)c(S(=O)(=O)N2CCOCC2)c1. The summed E-state index contributed by atoms with van der Waals surface area (Å²) in [7, 11) is -4.18. The zero-order valence-corrected chi connectivity index (χ0v) is 16.9. The number of rotatable bonds is 5. The lowest BCUT2D eigenvalue weighted by molar-refractivity contribution is 0.0228. The van der Waals surface area contributed by atoms with Gasteiger partial charge >= 0.3 is 5.97 Å². The lowest BCUT2D eigenvalue weighted by Gasteiger charge is -2.26. The summed E-state index contributed by atoms with van der Waals surface area (Å²) in [6.07, 6.45) is 0. The summed E-state index contributed by atoms with van der Waals surface area (Å²) in [4.78, 5) is 37.2. The molecule has 0 bridgehead atoms. The minimum absolute atomic E-state index is 0.0657. The highest BCUT2D eigenvalue weighted by Crippen LogP contribution is 2.24. The number of morpholine rings is 1. The zero-order chi connectivity index (χ0) is 22.2. The molecule has 9 nitrogen and oxygen atoms in total. The Morgan fingerprint density at radius 2 is 1.65 bits per heavy atom. The Morgan fingerprint density at radius 3 is 2.26 bits per heavy atom. The summed E-state index contributed by atoms with van der Waals surface area (Å²) in [5.74, 6) is -3.23. The molecule has 0 unspecified atom stereocenters. The minimum Gasteiger partial charge on any atom is -0.440 e. The van der Waals surface area contributed by atoms with E-state index in [9.17, 15) is 27.2 Å². The van der Waals surface area contributed by atoms with Gasteiger partial charge in [0, 0.05) is 13.1 Å². The fourth-order valence-electron chi connectivity index (χ4n) is 3.32. The highest BCUT2D eigenvalue weighted by Gasteiger charge is 2.36. The molecule has 2 aliphatic rings. The molecule has 0 N–H and O–H groups in total. The molecular formula is C20H17FN2O7S. The van der Waals surface area contributed by atoms with E-state index in [-0.39, 0.29) is 43.0 Å². The van der Waals surface area contributed by atoms with Gasteiger partial charge in [-0.25, -0.2) is 22.5 Å². The summed E-state index contributed by atoms with van der Waals surface area (Å²) in [5.41, 5.74) is 0.165. The fraction of sp³-hybridized carbons (Fsp3) is 0.250. The monoisotopic (exact) mass is 448 g/mol. The minimum atomic E-state index is -4.18. The van der Waals surface area contributed by atoms with Gasteiger partial charge in [0.1, 0.15) is 10.7 Å². The van der Waals surface area contributed by atoms with Gasteiger partial charge in [0.2, 0.25) is 10.0 Å². The first-order chi connectivity index (χ1) is 14.8. The van der Waals surface area contributed by atoms with Crippen LogP contribution in [-0.2, 0) is 19.5 Å². The van der Waals surface area contributed by atoms with Crippen molar-refractivity contribution in [3.05, 3.63) is 65.0 Å². The van der Waals surface area contributed by atoms with Crippen LogP contribution >= 0.6 is 0 Å². The normalized spacial score (nSPS) is 17.0. The molecule has 2 aromatic rings. The Kier molecular flexibility index (Phi) is 5.56. The van der Waals surface area contributed by atoms with E-state index in [0.717, 1.165) is 27.4 Å². The van der Waals surface area contributed by atoms with Gasteiger partial charge in [-0.1, -0.05) is 12.1 Å². The summed E-state index contributed by atoms with van der Waals surface area (Å²) >= 11 is 0. The van der Waals surface area contributed by atoms with Crippen molar-refractivity contribution >= 4 is 27.8 Å². The molecular weight excluding hydrogens is 431 g/mol. The number of ether oxygens (including phenoxy) is 2. The van der Waals surface area contributed by atoms with Crippen LogP contribution in [0.25, 0.3) is 0 Å². The lowest BCUT2D eigenvalue weighted by Crippen LogP contribution is -2.41. The summed E-state index contributed by atoms with van der Waals surface area (Å²) in [5, 5.41) is 0. The van der Waals surface area contributed by atoms with Crippen LogP contribution in [0.5, 0.6) is 0 Å². The molecule has 2 aliphatic heterocycles. The maximum absolute atomic E-state index is 14.3. The van der Waals surface area contributed by atoms with Crippen LogP contribution in [0, 0.1) is 5.82 Å². The Bertz CT molecular complexity index is 1140. The summed E-state index contributed by atoms with van der Waals surface area (Å²) in [6.45, 7) is -0.161. The van der Waals surface area contributed by atoms with E-state index in [4.69, 9.17) is 9.47 Å². The van der Waals surface area contributed by atoms with Crippen molar-refractivity contribution in [3.8, 4) is 0 Å². The van der Waals surface area contributed by atoms with E-state index < -0.39 is 45.3 Å². The predicted molar refractivity (Wildman–Crippen MR) is 103 cm³/mol. The molecule has 1 saturated heterocycles. The Labute approximate surface area is 177 Å². The molecule has 2 amide bonds. The molecule has 0 aliphatic carbocycles. The molecule has 0 atom stereocenters. The topological polar surface area (TPSA) is 110 Å². The van der Waals surface area contributed by atoms with E-state index in [1.807, 2.05) is 0 Å². The van der Waals surface area contributed by atoms with Crippen molar-refractivity contribution in [2.24, 2.45) is 0 Å². The van der Waals surface area contributed by atoms with Crippen molar-refractivity contribution in [3.63, 3.8) is 0 Å². The average molecular weight is 448 g/mol. The number of fused-ring (bicyclic) bond motifs is 1. The van der Waals surface area contributed by atoms with E-state index >= 15 is 0 Å². The summed E-state index contributed by atoms with van der Waals surface area (Å²) in [6, 6.07) is 8.98. The highest BCUT2D eigenvalue weighted by atomic mass is 32.2. The second-order valence-corrected chi connectivity index (χ2v) is 8.71. The van der Waals surface area contributed by atoms with Crippen LogP contribution in [0.3, 0.4) is 0 Å². The summed E-state index contributed by atoms with van der Waals surface area (Å²) < 4.78 is 51.0. The van der Waals surface area contributed by atoms with Crippen LogP contribution in [0.4, 0.5) is 4.39 Å². The van der Waals surface area contributed by atoms with Gasteiger partial charge in [-0.3, -0.25) is 9.59 Å². The number of halogens is 1. The Hall–Kier alpha value is -3.15. The molecule has 0 aromatic heterocycles. The number of carbonyl (C=O) groups excluding carboxylic acids is 3. The molecule has 1 fully saturated rings. The maximum Gasteiger partial charge on any atom is 0.339 e. The van der Waals surface area contributed by atoms with Crippen molar-refractivity contribution < 1.29 is 36.7 Å². The number of carbonyl (C=O) groups is 3. The third kappa shape index (κ3) is 3.82. The van der Waals surface area contributed by atoms with Gasteiger partial charge in [0.25, 0.3) is 11.8 Å². The molecule has 0 radical (unpaired) electrons. The number of sulfonamides is 1. The number of esters is 1. The van der Waals surface area contributed by atoms with Crippen molar-refractivity contribution in [2.45, 2.75) is 4.90 Å². The van der Waals surface area contributed by atoms with E-state index in [1.54, 1.807) is 12.1 Å². The van der Waals surface area contributed by atoms with Gasteiger partial charge in [0.15, 0.2) is 6.73 Å². The van der Waals surface area contributed by atoms with Crippen LogP contribution in [0.1, 0.15) is 31.1 Å². The van der Waals surface area contributed by atoms with Gasteiger partial charge in [-0.2, -0.15) is 4.31 Å². The Balaban J connectivity index is 1.51. The zero-order valence-electron chi connectivity index (χ0n) is 16.1. The van der Waals surface area contributed by atoms with Crippen LogP contribution in [0.2, 0.25) is 0 Å². The maximum atomic E-state index is 14.3. The molecule has 2 aromatic carbocycles. The molecule has 0 spiro atoms. The predicted octanol–water partition coefficient (Wildman–Crippen LogP) is 1.26.